The normalized spacial score (nSPS) is 21.1. The average molecular weight is 314 g/mol. The van der Waals surface area contributed by atoms with E-state index < -0.39 is 10.0 Å². The fourth-order valence-electron chi connectivity index (χ4n) is 2.04. The lowest BCUT2D eigenvalue weighted by Crippen LogP contribution is -2.27. The van der Waals surface area contributed by atoms with Crippen molar-refractivity contribution in [1.29, 1.82) is 0 Å². The molecule has 1 aromatic carbocycles. The number of nitrogens with one attached hydrogen (secondary N) is 1. The lowest BCUT2D eigenvalue weighted by molar-refractivity contribution is 0.350. The highest BCUT2D eigenvalue weighted by atomic mass is 35.5. The molecule has 4 nitrogen and oxygen atoms in total. The van der Waals surface area contributed by atoms with E-state index in [1.807, 2.05) is 6.92 Å². The molecule has 1 aliphatic carbocycles. The molecule has 1 saturated carbocycles. The summed E-state index contributed by atoms with van der Waals surface area (Å²) in [6.07, 6.45) is 1.85. The summed E-state index contributed by atoms with van der Waals surface area (Å²) in [6, 6.07) is 4.53. The summed E-state index contributed by atoms with van der Waals surface area (Å²) in [5.41, 5.74) is 0.570. The Hall–Kier alpha value is -1.06. The Morgan fingerprint density at radius 2 is 2.25 bits per heavy atom. The molecule has 1 fully saturated rings. The SMILES string of the molecule is CCC1CC1NS(=O)(=O)c1ccc(C#CCO)cc1Cl. The molecule has 0 heterocycles. The summed E-state index contributed by atoms with van der Waals surface area (Å²) in [4.78, 5) is 0.0652. The van der Waals surface area contributed by atoms with E-state index >= 15 is 0 Å². The zero-order valence-electron chi connectivity index (χ0n) is 11.1. The third kappa shape index (κ3) is 3.53. The van der Waals surface area contributed by atoms with E-state index in [0.29, 0.717) is 11.5 Å². The first-order valence-electron chi connectivity index (χ1n) is 6.39. The molecule has 0 saturated heterocycles. The number of aliphatic hydroxyl groups is 1. The van der Waals surface area contributed by atoms with Crippen molar-refractivity contribution in [2.45, 2.75) is 30.7 Å². The minimum atomic E-state index is -3.59. The van der Waals surface area contributed by atoms with Crippen LogP contribution in [0, 0.1) is 17.8 Å². The molecule has 20 heavy (non-hydrogen) atoms. The van der Waals surface area contributed by atoms with E-state index in [4.69, 9.17) is 16.7 Å². The van der Waals surface area contributed by atoms with Crippen molar-refractivity contribution in [2.75, 3.05) is 6.61 Å². The Morgan fingerprint density at radius 1 is 1.50 bits per heavy atom. The highest BCUT2D eigenvalue weighted by molar-refractivity contribution is 7.89. The molecule has 0 spiro atoms. The lowest BCUT2D eigenvalue weighted by Gasteiger charge is -2.08. The Balaban J connectivity index is 2.20. The molecule has 2 unspecified atom stereocenters. The van der Waals surface area contributed by atoms with Crippen LogP contribution in [0.5, 0.6) is 0 Å². The number of hydrogen-bond acceptors (Lipinski definition) is 3. The maximum atomic E-state index is 12.2. The van der Waals surface area contributed by atoms with Gasteiger partial charge in [0.25, 0.3) is 0 Å². The first-order chi connectivity index (χ1) is 9.47. The van der Waals surface area contributed by atoms with Gasteiger partial charge in [0.2, 0.25) is 10.0 Å². The quantitative estimate of drug-likeness (QED) is 0.832. The number of benzene rings is 1. The average Bonchev–Trinajstić information content (AvgIpc) is 3.13. The van der Waals surface area contributed by atoms with Crippen LogP contribution < -0.4 is 4.72 Å². The van der Waals surface area contributed by atoms with Crippen molar-refractivity contribution in [1.82, 2.24) is 4.72 Å². The third-order valence-corrected chi connectivity index (χ3v) is 5.26. The van der Waals surface area contributed by atoms with Crippen LogP contribution in [-0.2, 0) is 10.0 Å². The van der Waals surface area contributed by atoms with Gasteiger partial charge in [0.05, 0.1) is 5.02 Å². The van der Waals surface area contributed by atoms with Crippen molar-refractivity contribution in [2.24, 2.45) is 5.92 Å². The van der Waals surface area contributed by atoms with Gasteiger partial charge in [0, 0.05) is 11.6 Å². The van der Waals surface area contributed by atoms with Gasteiger partial charge in [-0.25, -0.2) is 13.1 Å². The van der Waals surface area contributed by atoms with Crippen molar-refractivity contribution in [3.63, 3.8) is 0 Å². The maximum Gasteiger partial charge on any atom is 0.242 e. The predicted octanol–water partition coefficient (Wildman–Crippen LogP) is 1.76. The Kier molecular flexibility index (Phi) is 4.71. The van der Waals surface area contributed by atoms with E-state index in [9.17, 15) is 8.42 Å². The van der Waals surface area contributed by atoms with Crippen LogP contribution in [0.2, 0.25) is 5.02 Å². The smallest absolute Gasteiger partial charge is 0.242 e. The molecule has 0 aromatic heterocycles. The number of halogens is 1. The van der Waals surface area contributed by atoms with Gasteiger partial charge in [-0.2, -0.15) is 0 Å². The second-order valence-corrected chi connectivity index (χ2v) is 6.83. The van der Waals surface area contributed by atoms with Gasteiger partial charge in [-0.15, -0.1) is 0 Å². The molecule has 0 radical (unpaired) electrons. The number of aliphatic hydroxyl groups excluding tert-OH is 1. The van der Waals surface area contributed by atoms with Gasteiger partial charge in [0.1, 0.15) is 11.5 Å². The summed E-state index contributed by atoms with van der Waals surface area (Å²) >= 11 is 6.02. The Labute approximate surface area is 124 Å². The van der Waals surface area contributed by atoms with Gasteiger partial charge in [-0.3, -0.25) is 0 Å². The molecule has 2 N–H and O–H groups in total. The summed E-state index contributed by atoms with van der Waals surface area (Å²) < 4.78 is 27.1. The standard InChI is InChI=1S/C14H16ClNO3S/c1-2-11-9-13(11)16-20(18,19)14-6-5-10(4-3-7-17)8-12(14)15/h5-6,8,11,13,16-17H,2,7,9H2,1H3. The van der Waals surface area contributed by atoms with Gasteiger partial charge >= 0.3 is 0 Å². The molecule has 1 aliphatic rings. The number of sulfonamides is 1. The van der Waals surface area contributed by atoms with Gasteiger partial charge < -0.3 is 5.11 Å². The summed E-state index contributed by atoms with van der Waals surface area (Å²) in [6.45, 7) is 1.79. The zero-order chi connectivity index (χ0) is 14.8. The summed E-state index contributed by atoms with van der Waals surface area (Å²) in [5, 5.41) is 8.76. The van der Waals surface area contributed by atoms with Crippen molar-refractivity contribution in [3.05, 3.63) is 28.8 Å². The van der Waals surface area contributed by atoms with Gasteiger partial charge in [-0.1, -0.05) is 36.8 Å². The highest BCUT2D eigenvalue weighted by Gasteiger charge is 2.39. The van der Waals surface area contributed by atoms with Crippen LogP contribution in [-0.4, -0.2) is 26.2 Å². The molecule has 6 heteroatoms. The molecule has 0 bridgehead atoms. The molecule has 0 amide bonds. The van der Waals surface area contributed by atoms with Crippen molar-refractivity contribution < 1.29 is 13.5 Å². The molecule has 0 aliphatic heterocycles. The lowest BCUT2D eigenvalue weighted by atomic mass is 10.2. The molecule has 1 aromatic rings. The molecule has 108 valence electrons. The third-order valence-electron chi connectivity index (χ3n) is 3.29. The molecule has 2 atom stereocenters. The second kappa shape index (κ2) is 6.15. The zero-order valence-corrected chi connectivity index (χ0v) is 12.6. The highest BCUT2D eigenvalue weighted by Crippen LogP contribution is 2.35. The van der Waals surface area contributed by atoms with E-state index in [-0.39, 0.29) is 22.6 Å². The molecule has 2 rings (SSSR count). The van der Waals surface area contributed by atoms with Gasteiger partial charge in [-0.05, 0) is 30.5 Å². The summed E-state index contributed by atoms with van der Waals surface area (Å²) in [7, 11) is -3.59. The topological polar surface area (TPSA) is 66.4 Å². The Bertz CT molecular complexity index is 661. The summed E-state index contributed by atoms with van der Waals surface area (Å²) in [5.74, 6) is 5.60. The maximum absolute atomic E-state index is 12.2. The first kappa shape index (κ1) is 15.3. The van der Waals surface area contributed by atoms with Crippen LogP contribution in [0.4, 0.5) is 0 Å². The van der Waals surface area contributed by atoms with Crippen molar-refractivity contribution in [3.8, 4) is 11.8 Å². The van der Waals surface area contributed by atoms with Crippen LogP contribution in [0.25, 0.3) is 0 Å². The largest absolute Gasteiger partial charge is 0.384 e. The minimum absolute atomic E-state index is 0.0231. The van der Waals surface area contributed by atoms with Crippen LogP contribution in [0.1, 0.15) is 25.3 Å². The van der Waals surface area contributed by atoms with E-state index in [1.54, 1.807) is 6.07 Å². The van der Waals surface area contributed by atoms with Crippen LogP contribution >= 0.6 is 11.6 Å². The molecular formula is C14H16ClNO3S. The van der Waals surface area contributed by atoms with E-state index in [2.05, 4.69) is 16.6 Å². The van der Waals surface area contributed by atoms with E-state index in [0.717, 1.165) is 12.8 Å². The monoisotopic (exact) mass is 313 g/mol. The second-order valence-electron chi connectivity index (χ2n) is 4.74. The van der Waals surface area contributed by atoms with E-state index in [1.165, 1.54) is 12.1 Å². The van der Waals surface area contributed by atoms with Gasteiger partial charge in [0.15, 0.2) is 0 Å². The molecular weight excluding hydrogens is 298 g/mol. The van der Waals surface area contributed by atoms with Crippen molar-refractivity contribution >= 4 is 21.6 Å². The van der Waals surface area contributed by atoms with Crippen LogP contribution in [0.15, 0.2) is 23.1 Å². The number of hydrogen-bond donors (Lipinski definition) is 2. The first-order valence-corrected chi connectivity index (χ1v) is 8.25. The fourth-order valence-corrected chi connectivity index (χ4v) is 3.91. The predicted molar refractivity (Wildman–Crippen MR) is 77.9 cm³/mol. The minimum Gasteiger partial charge on any atom is -0.384 e. The Morgan fingerprint density at radius 3 is 2.80 bits per heavy atom. The van der Waals surface area contributed by atoms with Crippen LogP contribution in [0.3, 0.4) is 0 Å². The number of rotatable bonds is 4. The fraction of sp³-hybridized carbons (Fsp3) is 0.429.